The van der Waals surface area contributed by atoms with Crippen LogP contribution in [0.5, 0.6) is 0 Å². The van der Waals surface area contributed by atoms with Crippen LogP contribution in [0.1, 0.15) is 180 Å². The van der Waals surface area contributed by atoms with E-state index in [0.717, 1.165) is 69.8 Å². The summed E-state index contributed by atoms with van der Waals surface area (Å²) in [5.41, 5.74) is 1.30. The number of benzene rings is 1. The van der Waals surface area contributed by atoms with Crippen LogP contribution in [0.2, 0.25) is 5.02 Å². The van der Waals surface area contributed by atoms with E-state index in [0.29, 0.717) is 35.2 Å². The van der Waals surface area contributed by atoms with Crippen molar-refractivity contribution >= 4 is 29.6 Å². The predicted molar refractivity (Wildman–Crippen MR) is 247 cm³/mol. The molecule has 1 aromatic rings. The smallest absolute Gasteiger partial charge is 0.410 e. The number of esters is 2. The minimum Gasteiger partial charge on any atom is -0.462 e. The number of allylic oxidation sites excluding steroid dienone is 1. The molecule has 0 aliphatic heterocycles. The summed E-state index contributed by atoms with van der Waals surface area (Å²) in [5, 5.41) is 13.4. The van der Waals surface area contributed by atoms with Gasteiger partial charge < -0.3 is 24.2 Å². The number of halogens is 1. The van der Waals surface area contributed by atoms with Gasteiger partial charge in [-0.25, -0.2) is 4.79 Å². The van der Waals surface area contributed by atoms with E-state index in [2.05, 4.69) is 48.5 Å². The fourth-order valence-corrected chi connectivity index (χ4v) is 14.3. The van der Waals surface area contributed by atoms with Crippen molar-refractivity contribution in [3.63, 3.8) is 0 Å². The number of carbonyl (C=O) groups excluding carboxylic acids is 3. The zero-order chi connectivity index (χ0) is 46.2. The third-order valence-electron chi connectivity index (χ3n) is 17.4. The second-order valence-corrected chi connectivity index (χ2v) is 25.2. The summed E-state index contributed by atoms with van der Waals surface area (Å²) in [7, 11) is 0. The molecule has 8 nitrogen and oxygen atoms in total. The number of hydrogen-bond acceptors (Lipinski definition) is 7. The van der Waals surface area contributed by atoms with Gasteiger partial charge >= 0.3 is 18.0 Å². The van der Waals surface area contributed by atoms with Crippen molar-refractivity contribution in [3.8, 4) is 0 Å². The van der Waals surface area contributed by atoms with Crippen molar-refractivity contribution in [1.82, 2.24) is 4.90 Å². The lowest BCUT2D eigenvalue weighted by Gasteiger charge is -2.72. The SMILES string of the molecule is CC(C)C1=C2[C@H]3CC[C@@H]4[C@@]5(C)CC[C@H](OC(=O)CC(C)(C)C(=O)OC(C)(C)C)C(C)(C)[C@@H]5CC[C@@]4(C)[C@]3(C)CC[C@@]2([C@H](O)CN(Cc2ccc(Cl)cc2)C(=O)OC(C)(C)C)CC1. The lowest BCUT2D eigenvalue weighted by Crippen LogP contribution is -2.66. The third-order valence-corrected chi connectivity index (χ3v) is 17.7. The van der Waals surface area contributed by atoms with Gasteiger partial charge in [0.15, 0.2) is 0 Å². The first-order valence-corrected chi connectivity index (χ1v) is 24.3. The quantitative estimate of drug-likeness (QED) is 0.142. The minimum atomic E-state index is -0.981. The normalized spacial score (nSPS) is 33.7. The van der Waals surface area contributed by atoms with Gasteiger partial charge in [0.25, 0.3) is 0 Å². The van der Waals surface area contributed by atoms with Gasteiger partial charge in [0, 0.05) is 22.4 Å². The first kappa shape index (κ1) is 48.9. The number of ether oxygens (including phenoxy) is 3. The van der Waals surface area contributed by atoms with E-state index in [1.165, 1.54) is 11.1 Å². The number of aliphatic hydroxyl groups excluding tert-OH is 1. The van der Waals surface area contributed by atoms with Crippen LogP contribution >= 0.6 is 11.6 Å². The maximum absolute atomic E-state index is 13.9. The van der Waals surface area contributed by atoms with Crippen molar-refractivity contribution in [2.75, 3.05) is 6.54 Å². The Bertz CT molecular complexity index is 1890. The highest BCUT2D eigenvalue weighted by Gasteiger charge is 2.70. The van der Waals surface area contributed by atoms with E-state index < -0.39 is 34.2 Å². The molecule has 9 atom stereocenters. The fraction of sp³-hybridized carbons (Fsp3) is 0.792. The van der Waals surface area contributed by atoms with Crippen LogP contribution in [0, 0.1) is 56.2 Å². The Kier molecular flexibility index (Phi) is 13.2. The molecule has 0 bridgehead atoms. The van der Waals surface area contributed by atoms with E-state index >= 15 is 0 Å². The van der Waals surface area contributed by atoms with Crippen molar-refractivity contribution in [2.24, 2.45) is 56.2 Å². The average Bonchev–Trinajstić information content (AvgIpc) is 3.53. The van der Waals surface area contributed by atoms with E-state index in [-0.39, 0.29) is 52.7 Å². The number of hydrogen-bond donors (Lipinski definition) is 1. The molecule has 348 valence electrons. The molecule has 1 amide bonds. The summed E-state index contributed by atoms with van der Waals surface area (Å²) in [4.78, 5) is 42.2. The molecular formula is C53H82ClNO7. The molecule has 0 radical (unpaired) electrons. The zero-order valence-electron chi connectivity index (χ0n) is 41.2. The largest absolute Gasteiger partial charge is 0.462 e. The van der Waals surface area contributed by atoms with E-state index in [4.69, 9.17) is 25.8 Å². The summed E-state index contributed by atoms with van der Waals surface area (Å²) in [6.07, 6.45) is 8.73. The Morgan fingerprint density at radius 1 is 0.790 bits per heavy atom. The number of nitrogens with zero attached hydrogens (tertiary/aromatic N) is 1. The number of rotatable bonds is 10. The van der Waals surface area contributed by atoms with Gasteiger partial charge in [0.1, 0.15) is 17.3 Å². The molecule has 6 rings (SSSR count). The van der Waals surface area contributed by atoms with Gasteiger partial charge in [0.05, 0.1) is 24.5 Å². The molecule has 0 heterocycles. The fourth-order valence-electron chi connectivity index (χ4n) is 14.2. The van der Waals surface area contributed by atoms with Crippen molar-refractivity contribution < 1.29 is 33.7 Å². The van der Waals surface area contributed by atoms with Crippen LogP contribution in [-0.2, 0) is 30.3 Å². The number of aliphatic hydroxyl groups is 1. The molecule has 5 aliphatic rings. The van der Waals surface area contributed by atoms with Crippen molar-refractivity contribution in [3.05, 3.63) is 46.0 Å². The lowest BCUT2D eigenvalue weighted by molar-refractivity contribution is -0.235. The Hall–Kier alpha value is -2.58. The standard InChI is InChI=1S/C53H82ClNO7/c1-33(2)36-22-27-53(40(56)32-55(45(59)62-47(6,7)8)31-34-16-18-35(54)19-17-34)29-28-51(14)37(43(36)53)20-21-39-50(13)25-24-41(49(11,12)38(50)23-26-52(39,51)15)60-42(57)30-48(9,10)44(58)61-46(3,4)5/h16-19,33,37-41,56H,20-32H2,1-15H3/t37-,38+,39-,40-,41+,50+,51-,52-,53-/m1/s1. The van der Waals surface area contributed by atoms with Crippen LogP contribution < -0.4 is 0 Å². The van der Waals surface area contributed by atoms with Crippen molar-refractivity contribution in [1.29, 1.82) is 0 Å². The van der Waals surface area contributed by atoms with Gasteiger partial charge in [-0.3, -0.25) is 9.59 Å². The summed E-state index contributed by atoms with van der Waals surface area (Å²) in [6.45, 7) is 32.4. The molecule has 5 aliphatic carbocycles. The molecule has 0 spiro atoms. The monoisotopic (exact) mass is 880 g/mol. The van der Waals surface area contributed by atoms with Crippen LogP contribution in [0.15, 0.2) is 35.4 Å². The molecule has 0 unspecified atom stereocenters. The Balaban J connectivity index is 1.25. The van der Waals surface area contributed by atoms with Crippen LogP contribution in [0.3, 0.4) is 0 Å². The molecule has 62 heavy (non-hydrogen) atoms. The Morgan fingerprint density at radius 2 is 1.42 bits per heavy atom. The molecule has 1 N–H and O–H groups in total. The third kappa shape index (κ3) is 8.89. The molecule has 0 aromatic heterocycles. The molecule has 4 saturated carbocycles. The molecular weight excluding hydrogens is 798 g/mol. The van der Waals surface area contributed by atoms with E-state index in [9.17, 15) is 19.5 Å². The number of fused-ring (bicyclic) bond motifs is 7. The first-order valence-electron chi connectivity index (χ1n) is 24.0. The first-order chi connectivity index (χ1) is 28.4. The molecule has 4 fully saturated rings. The Labute approximate surface area is 380 Å². The molecule has 0 saturated heterocycles. The van der Waals surface area contributed by atoms with Gasteiger partial charge in [-0.2, -0.15) is 0 Å². The topological polar surface area (TPSA) is 102 Å². The zero-order valence-corrected chi connectivity index (χ0v) is 41.9. The van der Waals surface area contributed by atoms with E-state index in [1.54, 1.807) is 18.7 Å². The summed E-state index contributed by atoms with van der Waals surface area (Å²) >= 11 is 6.24. The van der Waals surface area contributed by atoms with Gasteiger partial charge in [-0.1, -0.05) is 83.3 Å². The minimum absolute atomic E-state index is 0.0113. The van der Waals surface area contributed by atoms with Gasteiger partial charge in [-0.15, -0.1) is 0 Å². The predicted octanol–water partition coefficient (Wildman–Crippen LogP) is 12.9. The number of amides is 1. The highest BCUT2D eigenvalue weighted by molar-refractivity contribution is 6.30. The number of carbonyl (C=O) groups is 3. The maximum Gasteiger partial charge on any atom is 0.410 e. The van der Waals surface area contributed by atoms with Gasteiger partial charge in [0.2, 0.25) is 0 Å². The second-order valence-electron chi connectivity index (χ2n) is 24.8. The summed E-state index contributed by atoms with van der Waals surface area (Å²) in [6, 6.07) is 7.58. The van der Waals surface area contributed by atoms with E-state index in [1.807, 2.05) is 65.8 Å². The average molecular weight is 881 g/mol. The second kappa shape index (κ2) is 16.7. The van der Waals surface area contributed by atoms with Crippen LogP contribution in [0.25, 0.3) is 0 Å². The summed E-state index contributed by atoms with van der Waals surface area (Å²) in [5.74, 6) is 0.935. The highest BCUT2D eigenvalue weighted by Crippen LogP contribution is 2.77. The maximum atomic E-state index is 13.9. The molecule has 9 heteroatoms. The van der Waals surface area contributed by atoms with Crippen LogP contribution in [-0.4, -0.2) is 58.0 Å². The van der Waals surface area contributed by atoms with Crippen LogP contribution in [0.4, 0.5) is 4.79 Å². The lowest BCUT2D eigenvalue weighted by atomic mass is 9.33. The Morgan fingerprint density at radius 3 is 2.02 bits per heavy atom. The van der Waals surface area contributed by atoms with Crippen molar-refractivity contribution in [2.45, 2.75) is 204 Å². The summed E-state index contributed by atoms with van der Waals surface area (Å²) < 4.78 is 18.0. The molecule has 1 aromatic carbocycles. The van der Waals surface area contributed by atoms with Gasteiger partial charge in [-0.05, 0) is 177 Å². The highest BCUT2D eigenvalue weighted by atomic mass is 35.5.